The first-order valence-electron chi connectivity index (χ1n) is 9.70. The van der Waals surface area contributed by atoms with Crippen molar-refractivity contribution in [1.29, 1.82) is 0 Å². The van der Waals surface area contributed by atoms with Crippen molar-refractivity contribution in [2.45, 2.75) is 51.7 Å². The molecular weight excluding hydrogens is 388 g/mol. The van der Waals surface area contributed by atoms with Crippen LogP contribution in [0.5, 0.6) is 0 Å². The topological polar surface area (TPSA) is 67.4 Å². The Hall–Kier alpha value is -2.53. The first kappa shape index (κ1) is 22.8. The number of ether oxygens (including phenoxy) is 1. The summed E-state index contributed by atoms with van der Waals surface area (Å²) >= 11 is 5.99. The van der Waals surface area contributed by atoms with Gasteiger partial charge < -0.3 is 15.4 Å². The molecule has 2 aromatic carbocycles. The second-order valence-electron chi connectivity index (χ2n) is 8.04. The van der Waals surface area contributed by atoms with Crippen molar-refractivity contribution in [3.05, 3.63) is 70.7 Å². The highest BCUT2D eigenvalue weighted by Crippen LogP contribution is 2.22. The third kappa shape index (κ3) is 8.16. The van der Waals surface area contributed by atoms with E-state index in [2.05, 4.69) is 10.6 Å². The number of benzene rings is 2. The van der Waals surface area contributed by atoms with Gasteiger partial charge in [0.15, 0.2) is 0 Å². The lowest BCUT2D eigenvalue weighted by atomic mass is 9.95. The highest BCUT2D eigenvalue weighted by Gasteiger charge is 2.21. The van der Waals surface area contributed by atoms with Crippen LogP contribution < -0.4 is 10.6 Å². The number of hydrogen-bond acceptors (Lipinski definition) is 3. The molecule has 2 aromatic rings. The van der Waals surface area contributed by atoms with E-state index < -0.39 is 11.7 Å². The summed E-state index contributed by atoms with van der Waals surface area (Å²) < 4.78 is 5.30. The molecule has 0 unspecified atom stereocenters. The van der Waals surface area contributed by atoms with Crippen LogP contribution in [0.25, 0.3) is 0 Å². The van der Waals surface area contributed by atoms with Gasteiger partial charge in [0, 0.05) is 23.9 Å². The lowest BCUT2D eigenvalue weighted by molar-refractivity contribution is -0.122. The fraction of sp³-hybridized carbons (Fsp3) is 0.391. The van der Waals surface area contributed by atoms with Crippen LogP contribution >= 0.6 is 11.6 Å². The van der Waals surface area contributed by atoms with Gasteiger partial charge in [-0.25, -0.2) is 4.79 Å². The minimum Gasteiger partial charge on any atom is -0.444 e. The maximum atomic E-state index is 12.7. The van der Waals surface area contributed by atoms with Gasteiger partial charge in [-0.3, -0.25) is 4.79 Å². The average Bonchev–Trinajstić information content (AvgIpc) is 2.65. The van der Waals surface area contributed by atoms with E-state index in [4.69, 9.17) is 16.3 Å². The van der Waals surface area contributed by atoms with E-state index in [0.29, 0.717) is 5.02 Å². The van der Waals surface area contributed by atoms with Crippen LogP contribution in [-0.2, 0) is 9.53 Å². The molecule has 6 heteroatoms. The summed E-state index contributed by atoms with van der Waals surface area (Å²) in [5.41, 5.74) is 1.38. The maximum Gasteiger partial charge on any atom is 0.407 e. The molecule has 0 fully saturated rings. The molecule has 2 N–H and O–H groups in total. The molecule has 0 radical (unpaired) electrons. The molecule has 156 valence electrons. The SMILES string of the molecule is C[C@H](NC(=O)C[C@H](CNC(=O)OC(C)(C)C)c1ccc(Cl)cc1)c1ccccc1. The van der Waals surface area contributed by atoms with E-state index in [1.165, 1.54) is 0 Å². The molecule has 29 heavy (non-hydrogen) atoms. The average molecular weight is 417 g/mol. The lowest BCUT2D eigenvalue weighted by Gasteiger charge is -2.23. The zero-order valence-corrected chi connectivity index (χ0v) is 18.1. The van der Waals surface area contributed by atoms with Crippen molar-refractivity contribution in [3.63, 3.8) is 0 Å². The predicted octanol–water partition coefficient (Wildman–Crippen LogP) is 5.22. The molecule has 0 spiro atoms. The number of rotatable bonds is 7. The van der Waals surface area contributed by atoms with Crippen molar-refractivity contribution in [2.24, 2.45) is 0 Å². The Bertz CT molecular complexity index is 801. The maximum absolute atomic E-state index is 12.7. The molecule has 2 atom stereocenters. The Morgan fingerprint density at radius 1 is 1.00 bits per heavy atom. The first-order chi connectivity index (χ1) is 13.6. The summed E-state index contributed by atoms with van der Waals surface area (Å²) in [5, 5.41) is 6.41. The zero-order valence-electron chi connectivity index (χ0n) is 17.4. The Kier molecular flexibility index (Phi) is 8.09. The molecular formula is C23H29ClN2O3. The van der Waals surface area contributed by atoms with E-state index >= 15 is 0 Å². The Morgan fingerprint density at radius 2 is 1.62 bits per heavy atom. The van der Waals surface area contributed by atoms with Crippen LogP contribution in [0.4, 0.5) is 4.79 Å². The van der Waals surface area contributed by atoms with Gasteiger partial charge in [0.25, 0.3) is 0 Å². The van der Waals surface area contributed by atoms with E-state index in [1.54, 1.807) is 12.1 Å². The first-order valence-corrected chi connectivity index (χ1v) is 10.1. The van der Waals surface area contributed by atoms with Crippen LogP contribution in [0.1, 0.15) is 57.2 Å². The molecule has 0 heterocycles. The van der Waals surface area contributed by atoms with Gasteiger partial charge in [-0.2, -0.15) is 0 Å². The van der Waals surface area contributed by atoms with E-state index in [1.807, 2.05) is 70.2 Å². The highest BCUT2D eigenvalue weighted by molar-refractivity contribution is 6.30. The fourth-order valence-electron chi connectivity index (χ4n) is 2.91. The smallest absolute Gasteiger partial charge is 0.407 e. The van der Waals surface area contributed by atoms with Gasteiger partial charge in [-0.1, -0.05) is 54.1 Å². The van der Waals surface area contributed by atoms with Crippen LogP contribution in [0.2, 0.25) is 5.02 Å². The van der Waals surface area contributed by atoms with Gasteiger partial charge in [0.2, 0.25) is 5.91 Å². The summed E-state index contributed by atoms with van der Waals surface area (Å²) in [6, 6.07) is 17.0. The normalized spacial score (nSPS) is 13.3. The van der Waals surface area contributed by atoms with Crippen molar-refractivity contribution in [2.75, 3.05) is 6.54 Å². The van der Waals surface area contributed by atoms with Crippen LogP contribution in [-0.4, -0.2) is 24.1 Å². The number of carbonyl (C=O) groups excluding carboxylic acids is 2. The van der Waals surface area contributed by atoms with Gasteiger partial charge >= 0.3 is 6.09 Å². The molecule has 0 saturated heterocycles. The van der Waals surface area contributed by atoms with Gasteiger partial charge in [0.05, 0.1) is 6.04 Å². The minimum absolute atomic E-state index is 0.0905. The molecule has 5 nitrogen and oxygen atoms in total. The lowest BCUT2D eigenvalue weighted by Crippen LogP contribution is -2.36. The van der Waals surface area contributed by atoms with E-state index in [0.717, 1.165) is 11.1 Å². The van der Waals surface area contributed by atoms with Crippen molar-refractivity contribution < 1.29 is 14.3 Å². The van der Waals surface area contributed by atoms with E-state index in [9.17, 15) is 9.59 Å². The quantitative estimate of drug-likeness (QED) is 0.650. The Labute approximate surface area is 177 Å². The second kappa shape index (κ2) is 10.3. The summed E-state index contributed by atoms with van der Waals surface area (Å²) in [4.78, 5) is 24.7. The molecule has 0 aliphatic heterocycles. The highest BCUT2D eigenvalue weighted by atomic mass is 35.5. The number of nitrogens with one attached hydrogen (secondary N) is 2. The van der Waals surface area contributed by atoms with Crippen LogP contribution in [0.15, 0.2) is 54.6 Å². The standard InChI is InChI=1S/C23H29ClN2O3/c1-16(17-8-6-5-7-9-17)26-21(27)14-19(18-10-12-20(24)13-11-18)15-25-22(28)29-23(2,3)4/h5-13,16,19H,14-15H2,1-4H3,(H,25,28)(H,26,27)/t16-,19+/m0/s1. The Balaban J connectivity index is 2.03. The molecule has 0 aliphatic carbocycles. The van der Waals surface area contributed by atoms with Gasteiger partial charge in [0.1, 0.15) is 5.60 Å². The summed E-state index contributed by atoms with van der Waals surface area (Å²) in [5.74, 6) is -0.296. The molecule has 2 rings (SSSR count). The van der Waals surface area contributed by atoms with Gasteiger partial charge in [-0.05, 0) is 51.0 Å². The number of carbonyl (C=O) groups is 2. The minimum atomic E-state index is -0.581. The largest absolute Gasteiger partial charge is 0.444 e. The van der Waals surface area contributed by atoms with Gasteiger partial charge in [-0.15, -0.1) is 0 Å². The molecule has 0 aromatic heterocycles. The molecule has 0 aliphatic rings. The van der Waals surface area contributed by atoms with Crippen molar-refractivity contribution in [1.82, 2.24) is 10.6 Å². The van der Waals surface area contributed by atoms with E-state index in [-0.39, 0.29) is 30.8 Å². The van der Waals surface area contributed by atoms with Crippen molar-refractivity contribution in [3.8, 4) is 0 Å². The Morgan fingerprint density at radius 3 is 2.21 bits per heavy atom. The molecule has 2 amide bonds. The summed E-state index contributed by atoms with van der Waals surface area (Å²) in [7, 11) is 0. The molecule has 0 bridgehead atoms. The fourth-order valence-corrected chi connectivity index (χ4v) is 3.04. The van der Waals surface area contributed by atoms with Crippen molar-refractivity contribution >= 4 is 23.6 Å². The number of halogens is 1. The zero-order chi connectivity index (χ0) is 21.4. The number of alkyl carbamates (subject to hydrolysis) is 1. The van der Waals surface area contributed by atoms with Crippen LogP contribution in [0, 0.1) is 0 Å². The summed E-state index contributed by atoms with van der Waals surface area (Å²) in [6.07, 6.45) is -0.274. The number of amides is 2. The molecule has 0 saturated carbocycles. The summed E-state index contributed by atoms with van der Waals surface area (Å²) in [6.45, 7) is 7.65. The third-order valence-electron chi connectivity index (χ3n) is 4.34. The third-order valence-corrected chi connectivity index (χ3v) is 4.59. The van der Waals surface area contributed by atoms with Crippen LogP contribution in [0.3, 0.4) is 0 Å². The predicted molar refractivity (Wildman–Crippen MR) is 116 cm³/mol. The second-order valence-corrected chi connectivity index (χ2v) is 8.47. The number of hydrogen-bond donors (Lipinski definition) is 2. The monoisotopic (exact) mass is 416 g/mol.